The number of nitrogens with zero attached hydrogens (tertiary/aromatic N) is 2. The van der Waals surface area contributed by atoms with Gasteiger partial charge in [0.05, 0.1) is 6.61 Å². The molecular formula is C12H21N3O. The molecule has 1 fully saturated rings. The van der Waals surface area contributed by atoms with E-state index >= 15 is 0 Å². The van der Waals surface area contributed by atoms with Gasteiger partial charge >= 0.3 is 0 Å². The molecule has 0 saturated heterocycles. The summed E-state index contributed by atoms with van der Waals surface area (Å²) in [5.41, 5.74) is 0. The molecule has 1 aromatic heterocycles. The molecule has 1 saturated carbocycles. The van der Waals surface area contributed by atoms with E-state index in [0.29, 0.717) is 5.92 Å². The number of hydrogen-bond acceptors (Lipinski definition) is 3. The van der Waals surface area contributed by atoms with Crippen molar-refractivity contribution in [1.29, 1.82) is 0 Å². The molecule has 0 radical (unpaired) electrons. The smallest absolute Gasteiger partial charge is 0.153 e. The molecule has 0 bridgehead atoms. The van der Waals surface area contributed by atoms with Crippen molar-refractivity contribution in [2.75, 3.05) is 13.2 Å². The van der Waals surface area contributed by atoms with E-state index in [1.165, 1.54) is 32.1 Å². The van der Waals surface area contributed by atoms with Gasteiger partial charge in [0, 0.05) is 18.9 Å². The minimum Gasteiger partial charge on any atom is -0.381 e. The standard InChI is InChI=1S/C12H21N3O/c1-2-16-9-8-11-13-12(15-14-11)10-6-4-3-5-7-10/h10H,2-9H2,1H3,(H,13,14,15). The predicted octanol–water partition coefficient (Wildman–Crippen LogP) is 2.43. The fourth-order valence-corrected chi connectivity index (χ4v) is 2.28. The fraction of sp³-hybridized carbons (Fsp3) is 0.833. The zero-order valence-corrected chi connectivity index (χ0v) is 10.0. The molecule has 1 aliphatic rings. The van der Waals surface area contributed by atoms with Crippen molar-refractivity contribution in [3.8, 4) is 0 Å². The van der Waals surface area contributed by atoms with Gasteiger partial charge in [0.2, 0.25) is 0 Å². The fourth-order valence-electron chi connectivity index (χ4n) is 2.28. The quantitative estimate of drug-likeness (QED) is 0.780. The van der Waals surface area contributed by atoms with E-state index in [1.807, 2.05) is 6.92 Å². The number of aromatic nitrogens is 3. The molecule has 4 heteroatoms. The minimum atomic E-state index is 0.589. The van der Waals surface area contributed by atoms with Crippen molar-refractivity contribution in [2.24, 2.45) is 0 Å². The Morgan fingerprint density at radius 1 is 1.31 bits per heavy atom. The molecule has 0 aliphatic heterocycles. The average molecular weight is 223 g/mol. The van der Waals surface area contributed by atoms with Gasteiger partial charge in [-0.25, -0.2) is 4.98 Å². The first-order chi connectivity index (χ1) is 7.90. The Morgan fingerprint density at radius 2 is 2.12 bits per heavy atom. The van der Waals surface area contributed by atoms with E-state index < -0.39 is 0 Å². The molecule has 1 heterocycles. The molecule has 0 spiro atoms. The molecular weight excluding hydrogens is 202 g/mol. The van der Waals surface area contributed by atoms with Crippen LogP contribution in [0.2, 0.25) is 0 Å². The lowest BCUT2D eigenvalue weighted by Crippen LogP contribution is -2.06. The maximum absolute atomic E-state index is 5.30. The molecule has 1 aliphatic carbocycles. The van der Waals surface area contributed by atoms with Gasteiger partial charge in [-0.2, -0.15) is 5.10 Å². The van der Waals surface area contributed by atoms with Gasteiger partial charge in [0.15, 0.2) is 5.82 Å². The highest BCUT2D eigenvalue weighted by atomic mass is 16.5. The van der Waals surface area contributed by atoms with Crippen LogP contribution in [0.3, 0.4) is 0 Å². The lowest BCUT2D eigenvalue weighted by Gasteiger charge is -2.17. The summed E-state index contributed by atoms with van der Waals surface area (Å²) in [5, 5.41) is 7.35. The summed E-state index contributed by atoms with van der Waals surface area (Å²) in [6.45, 7) is 3.51. The van der Waals surface area contributed by atoms with Crippen molar-refractivity contribution in [3.05, 3.63) is 11.6 Å². The molecule has 1 aromatic rings. The van der Waals surface area contributed by atoms with E-state index in [9.17, 15) is 0 Å². The van der Waals surface area contributed by atoms with Crippen LogP contribution in [0.5, 0.6) is 0 Å². The second-order valence-corrected chi connectivity index (χ2v) is 4.42. The summed E-state index contributed by atoms with van der Waals surface area (Å²) < 4.78 is 5.30. The zero-order chi connectivity index (χ0) is 11.2. The van der Waals surface area contributed by atoms with Crippen LogP contribution in [0.1, 0.15) is 56.6 Å². The molecule has 1 N–H and O–H groups in total. The second-order valence-electron chi connectivity index (χ2n) is 4.42. The lowest BCUT2D eigenvalue weighted by atomic mass is 9.89. The summed E-state index contributed by atoms with van der Waals surface area (Å²) in [7, 11) is 0. The lowest BCUT2D eigenvalue weighted by molar-refractivity contribution is 0.149. The Labute approximate surface area is 96.8 Å². The normalized spacial score (nSPS) is 17.8. The zero-order valence-electron chi connectivity index (χ0n) is 10.0. The monoisotopic (exact) mass is 223 g/mol. The van der Waals surface area contributed by atoms with Crippen LogP contribution >= 0.6 is 0 Å². The van der Waals surface area contributed by atoms with Crippen molar-refractivity contribution in [2.45, 2.75) is 51.4 Å². The summed E-state index contributed by atoms with van der Waals surface area (Å²) in [5.74, 6) is 2.58. The molecule has 0 atom stereocenters. The van der Waals surface area contributed by atoms with E-state index in [4.69, 9.17) is 4.74 Å². The number of rotatable bonds is 5. The van der Waals surface area contributed by atoms with Gasteiger partial charge in [-0.1, -0.05) is 19.3 Å². The van der Waals surface area contributed by atoms with Gasteiger partial charge in [0.25, 0.3) is 0 Å². The van der Waals surface area contributed by atoms with Crippen LogP contribution in [0.15, 0.2) is 0 Å². The van der Waals surface area contributed by atoms with Crippen LogP contribution < -0.4 is 0 Å². The Kier molecular flexibility index (Phi) is 4.34. The van der Waals surface area contributed by atoms with Crippen molar-refractivity contribution in [1.82, 2.24) is 15.2 Å². The molecule has 16 heavy (non-hydrogen) atoms. The molecule has 0 amide bonds. The van der Waals surface area contributed by atoms with Gasteiger partial charge in [-0.05, 0) is 19.8 Å². The van der Waals surface area contributed by atoms with E-state index in [1.54, 1.807) is 0 Å². The average Bonchev–Trinajstić information content (AvgIpc) is 2.79. The van der Waals surface area contributed by atoms with Crippen LogP contribution in [0.4, 0.5) is 0 Å². The maximum Gasteiger partial charge on any atom is 0.153 e. The summed E-state index contributed by atoms with van der Waals surface area (Å²) in [4.78, 5) is 4.56. The number of hydrogen-bond donors (Lipinski definition) is 1. The van der Waals surface area contributed by atoms with Crippen molar-refractivity contribution in [3.63, 3.8) is 0 Å². The van der Waals surface area contributed by atoms with Crippen LogP contribution in [-0.2, 0) is 11.2 Å². The Balaban J connectivity index is 1.85. The van der Waals surface area contributed by atoms with Gasteiger partial charge in [0.1, 0.15) is 5.82 Å². The highest BCUT2D eigenvalue weighted by Gasteiger charge is 2.19. The summed E-state index contributed by atoms with van der Waals surface area (Å²) in [6.07, 6.45) is 7.37. The molecule has 2 rings (SSSR count). The van der Waals surface area contributed by atoms with E-state index in [0.717, 1.165) is 31.3 Å². The summed E-state index contributed by atoms with van der Waals surface area (Å²) >= 11 is 0. The first-order valence-electron chi connectivity index (χ1n) is 6.39. The van der Waals surface area contributed by atoms with Crippen molar-refractivity contribution < 1.29 is 4.74 Å². The van der Waals surface area contributed by atoms with Crippen LogP contribution in [0.25, 0.3) is 0 Å². The highest BCUT2D eigenvalue weighted by molar-refractivity contribution is 4.99. The third kappa shape index (κ3) is 3.04. The van der Waals surface area contributed by atoms with Crippen LogP contribution in [0, 0.1) is 0 Å². The Hall–Kier alpha value is -0.900. The molecule has 0 aromatic carbocycles. The van der Waals surface area contributed by atoms with Crippen molar-refractivity contribution >= 4 is 0 Å². The Morgan fingerprint density at radius 3 is 2.88 bits per heavy atom. The third-order valence-corrected chi connectivity index (χ3v) is 3.21. The van der Waals surface area contributed by atoms with Crippen LogP contribution in [-0.4, -0.2) is 28.4 Å². The number of aromatic amines is 1. The highest BCUT2D eigenvalue weighted by Crippen LogP contribution is 2.30. The number of nitrogens with one attached hydrogen (secondary N) is 1. The van der Waals surface area contributed by atoms with E-state index in [-0.39, 0.29) is 0 Å². The number of ether oxygens (including phenoxy) is 1. The first kappa shape index (κ1) is 11.6. The van der Waals surface area contributed by atoms with Gasteiger partial charge in [-0.15, -0.1) is 0 Å². The largest absolute Gasteiger partial charge is 0.381 e. The summed E-state index contributed by atoms with van der Waals surface area (Å²) in [6, 6.07) is 0. The van der Waals surface area contributed by atoms with Gasteiger partial charge < -0.3 is 4.74 Å². The SMILES string of the molecule is CCOCCc1nc(C2CCCCC2)n[nH]1. The molecule has 0 unspecified atom stereocenters. The van der Waals surface area contributed by atoms with Gasteiger partial charge in [-0.3, -0.25) is 5.10 Å². The molecule has 4 nitrogen and oxygen atoms in total. The third-order valence-electron chi connectivity index (χ3n) is 3.21. The maximum atomic E-state index is 5.30. The first-order valence-corrected chi connectivity index (χ1v) is 6.39. The van der Waals surface area contributed by atoms with E-state index in [2.05, 4.69) is 15.2 Å². The Bertz CT molecular complexity index is 305. The second kappa shape index (κ2) is 5.99. The predicted molar refractivity (Wildman–Crippen MR) is 62.4 cm³/mol. The molecule has 90 valence electrons. The minimum absolute atomic E-state index is 0.589. The number of H-pyrrole nitrogens is 1. The topological polar surface area (TPSA) is 50.8 Å².